The van der Waals surface area contributed by atoms with Gasteiger partial charge in [0.25, 0.3) is 0 Å². The monoisotopic (exact) mass is 222 g/mol. The quantitative estimate of drug-likeness (QED) is 0.718. The average molecular weight is 222 g/mol. The van der Waals surface area contributed by atoms with Crippen LogP contribution < -0.4 is 15.4 Å². The molecule has 86 valence electrons. The highest BCUT2D eigenvalue weighted by Gasteiger charge is 2.22. The summed E-state index contributed by atoms with van der Waals surface area (Å²) in [5, 5.41) is 15.0. The van der Waals surface area contributed by atoms with Crippen molar-refractivity contribution in [3.05, 3.63) is 23.8 Å². The normalized spacial score (nSPS) is 19.1. The highest BCUT2D eigenvalue weighted by molar-refractivity contribution is 5.77. The first-order valence-corrected chi connectivity index (χ1v) is 5.20. The van der Waals surface area contributed by atoms with Gasteiger partial charge in [-0.15, -0.1) is 0 Å². The van der Waals surface area contributed by atoms with E-state index in [0.29, 0.717) is 18.9 Å². The molecule has 1 aliphatic rings. The highest BCUT2D eigenvalue weighted by Crippen LogP contribution is 2.29. The summed E-state index contributed by atoms with van der Waals surface area (Å²) in [4.78, 5) is 11.0. The second-order valence-electron chi connectivity index (χ2n) is 3.57. The molecule has 0 spiro atoms. The Morgan fingerprint density at radius 3 is 3.00 bits per heavy atom. The van der Waals surface area contributed by atoms with Crippen LogP contribution in [0.1, 0.15) is 18.5 Å². The number of aromatic hydroxyl groups is 1. The van der Waals surface area contributed by atoms with Gasteiger partial charge in [-0.2, -0.15) is 0 Å². The van der Waals surface area contributed by atoms with Crippen LogP contribution in [0.2, 0.25) is 0 Å². The van der Waals surface area contributed by atoms with Crippen molar-refractivity contribution in [1.29, 1.82) is 0 Å². The zero-order valence-electron chi connectivity index (χ0n) is 8.99. The van der Waals surface area contributed by atoms with Crippen LogP contribution in [-0.4, -0.2) is 24.3 Å². The number of nitrogens with one attached hydrogen (secondary N) is 2. The Balaban J connectivity index is 2.21. The second-order valence-corrected chi connectivity index (χ2v) is 3.57. The highest BCUT2D eigenvalue weighted by atomic mass is 16.5. The Hall–Kier alpha value is -1.91. The zero-order valence-corrected chi connectivity index (χ0v) is 8.99. The third kappa shape index (κ3) is 2.03. The summed E-state index contributed by atoms with van der Waals surface area (Å²) in [6, 6.07) is 4.86. The van der Waals surface area contributed by atoms with Gasteiger partial charge in [0.2, 0.25) is 0 Å². The van der Waals surface area contributed by atoms with Gasteiger partial charge in [-0.3, -0.25) is 0 Å². The molecule has 0 unspecified atom stereocenters. The van der Waals surface area contributed by atoms with Crippen LogP contribution in [0.4, 0.5) is 4.79 Å². The molecule has 3 N–H and O–H groups in total. The van der Waals surface area contributed by atoms with Crippen LogP contribution in [0.3, 0.4) is 0 Å². The lowest BCUT2D eigenvalue weighted by atomic mass is 10.1. The molecule has 0 aromatic heterocycles. The number of urea groups is 1. The van der Waals surface area contributed by atoms with Crippen LogP contribution in [0.15, 0.2) is 18.2 Å². The molecule has 1 saturated heterocycles. The Labute approximate surface area is 93.4 Å². The van der Waals surface area contributed by atoms with Gasteiger partial charge in [-0.1, -0.05) is 6.07 Å². The maximum atomic E-state index is 11.0. The van der Waals surface area contributed by atoms with Gasteiger partial charge in [0.15, 0.2) is 11.5 Å². The van der Waals surface area contributed by atoms with Crippen molar-refractivity contribution in [2.75, 3.05) is 13.2 Å². The molecular weight excluding hydrogens is 208 g/mol. The minimum Gasteiger partial charge on any atom is -0.504 e. The maximum Gasteiger partial charge on any atom is 0.315 e. The standard InChI is InChI=1S/C11H14N2O3/c1-2-16-10-5-7(3-4-9(10)14)8-6-12-11(15)13-8/h3-5,8,14H,2,6H2,1H3,(H2,12,13,15)/t8-/m0/s1. The molecule has 0 radical (unpaired) electrons. The summed E-state index contributed by atoms with van der Waals surface area (Å²) in [5.74, 6) is 0.559. The molecule has 1 aromatic rings. The Bertz CT molecular complexity index is 406. The zero-order chi connectivity index (χ0) is 11.5. The smallest absolute Gasteiger partial charge is 0.315 e. The number of phenols is 1. The molecule has 1 atom stereocenters. The first-order chi connectivity index (χ1) is 7.70. The van der Waals surface area contributed by atoms with Gasteiger partial charge in [-0.05, 0) is 24.6 Å². The number of hydrogen-bond donors (Lipinski definition) is 3. The predicted molar refractivity (Wildman–Crippen MR) is 58.6 cm³/mol. The van der Waals surface area contributed by atoms with Crippen molar-refractivity contribution in [1.82, 2.24) is 10.6 Å². The summed E-state index contributed by atoms with van der Waals surface area (Å²) in [7, 11) is 0. The fourth-order valence-electron chi connectivity index (χ4n) is 1.67. The number of rotatable bonds is 3. The minimum absolute atomic E-state index is 0.0627. The lowest BCUT2D eigenvalue weighted by Gasteiger charge is -2.12. The molecule has 2 rings (SSSR count). The molecular formula is C11H14N2O3. The van der Waals surface area contributed by atoms with Gasteiger partial charge in [0.05, 0.1) is 12.6 Å². The van der Waals surface area contributed by atoms with E-state index in [4.69, 9.17) is 4.74 Å². The van der Waals surface area contributed by atoms with Crippen molar-refractivity contribution in [2.24, 2.45) is 0 Å². The van der Waals surface area contributed by atoms with E-state index in [2.05, 4.69) is 10.6 Å². The second kappa shape index (κ2) is 4.30. The van der Waals surface area contributed by atoms with Crippen LogP contribution in [0.5, 0.6) is 11.5 Å². The van der Waals surface area contributed by atoms with Gasteiger partial charge in [-0.25, -0.2) is 4.79 Å². The topological polar surface area (TPSA) is 70.6 Å². The van der Waals surface area contributed by atoms with E-state index >= 15 is 0 Å². The predicted octanol–water partition coefficient (Wildman–Crippen LogP) is 1.14. The Morgan fingerprint density at radius 2 is 2.38 bits per heavy atom. The average Bonchev–Trinajstić information content (AvgIpc) is 2.69. The van der Waals surface area contributed by atoms with Crippen LogP contribution in [0, 0.1) is 0 Å². The van der Waals surface area contributed by atoms with Gasteiger partial charge in [0.1, 0.15) is 0 Å². The lowest BCUT2D eigenvalue weighted by Crippen LogP contribution is -2.21. The van der Waals surface area contributed by atoms with E-state index in [0.717, 1.165) is 5.56 Å². The van der Waals surface area contributed by atoms with Crippen LogP contribution in [0.25, 0.3) is 0 Å². The molecule has 5 nitrogen and oxygen atoms in total. The van der Waals surface area contributed by atoms with Crippen molar-refractivity contribution >= 4 is 6.03 Å². The number of carbonyl (C=O) groups is 1. The van der Waals surface area contributed by atoms with Crippen molar-refractivity contribution in [3.8, 4) is 11.5 Å². The fourth-order valence-corrected chi connectivity index (χ4v) is 1.67. The lowest BCUT2D eigenvalue weighted by molar-refractivity contribution is 0.247. The summed E-state index contributed by atoms with van der Waals surface area (Å²) >= 11 is 0. The van der Waals surface area contributed by atoms with Gasteiger partial charge < -0.3 is 20.5 Å². The molecule has 1 aromatic carbocycles. The molecule has 1 heterocycles. The van der Waals surface area contributed by atoms with E-state index in [9.17, 15) is 9.90 Å². The minimum atomic E-state index is -0.170. The van der Waals surface area contributed by atoms with Gasteiger partial charge >= 0.3 is 6.03 Å². The van der Waals surface area contributed by atoms with E-state index < -0.39 is 0 Å². The molecule has 0 bridgehead atoms. The molecule has 16 heavy (non-hydrogen) atoms. The SMILES string of the molecule is CCOc1cc([C@@H]2CNC(=O)N2)ccc1O. The maximum absolute atomic E-state index is 11.0. The number of phenolic OH excluding ortho intramolecular Hbond substituents is 1. The summed E-state index contributed by atoms with van der Waals surface area (Å²) < 4.78 is 5.28. The molecule has 0 aliphatic carbocycles. The van der Waals surface area contributed by atoms with E-state index in [1.807, 2.05) is 6.92 Å². The van der Waals surface area contributed by atoms with Crippen LogP contribution >= 0.6 is 0 Å². The molecule has 1 fully saturated rings. The summed E-state index contributed by atoms with van der Waals surface area (Å²) in [6.45, 7) is 2.90. The van der Waals surface area contributed by atoms with Crippen molar-refractivity contribution < 1.29 is 14.6 Å². The van der Waals surface area contributed by atoms with Crippen LogP contribution in [-0.2, 0) is 0 Å². The Morgan fingerprint density at radius 1 is 1.56 bits per heavy atom. The number of amides is 2. The Kier molecular flexibility index (Phi) is 2.85. The van der Waals surface area contributed by atoms with E-state index in [1.165, 1.54) is 0 Å². The number of hydrogen-bond acceptors (Lipinski definition) is 3. The summed E-state index contributed by atoms with van der Waals surface area (Å²) in [5.41, 5.74) is 0.916. The number of carbonyl (C=O) groups excluding carboxylic acids is 1. The molecule has 0 saturated carbocycles. The third-order valence-electron chi connectivity index (χ3n) is 2.46. The third-order valence-corrected chi connectivity index (χ3v) is 2.46. The molecule has 5 heteroatoms. The van der Waals surface area contributed by atoms with Gasteiger partial charge in [0, 0.05) is 6.54 Å². The number of ether oxygens (including phenoxy) is 1. The fraction of sp³-hybridized carbons (Fsp3) is 0.364. The first kappa shape index (κ1) is 10.6. The van der Waals surface area contributed by atoms with Crippen molar-refractivity contribution in [2.45, 2.75) is 13.0 Å². The molecule has 1 aliphatic heterocycles. The summed E-state index contributed by atoms with van der Waals surface area (Å²) in [6.07, 6.45) is 0. The largest absolute Gasteiger partial charge is 0.504 e. The molecule has 2 amide bonds. The van der Waals surface area contributed by atoms with Crippen molar-refractivity contribution in [3.63, 3.8) is 0 Å². The number of benzene rings is 1. The van der Waals surface area contributed by atoms with E-state index in [1.54, 1.807) is 18.2 Å². The first-order valence-electron chi connectivity index (χ1n) is 5.20. The van der Waals surface area contributed by atoms with E-state index in [-0.39, 0.29) is 17.8 Å².